The van der Waals surface area contributed by atoms with Gasteiger partial charge in [0.15, 0.2) is 0 Å². The van der Waals surface area contributed by atoms with Gasteiger partial charge in [0.05, 0.1) is 0 Å². The zero-order valence-electron chi connectivity index (χ0n) is 13.5. The SMILES string of the molecule is CC(C)(C)OC(=O)OC1C=CC(OC(=O)OC(C)(C)C)C1. The zero-order valence-corrected chi connectivity index (χ0v) is 13.5. The highest BCUT2D eigenvalue weighted by molar-refractivity contribution is 5.62. The molecule has 0 amide bonds. The first-order valence-corrected chi connectivity index (χ1v) is 6.92. The zero-order chi connectivity index (χ0) is 16.3. The Hall–Kier alpha value is -1.72. The van der Waals surface area contributed by atoms with E-state index in [4.69, 9.17) is 18.9 Å². The number of hydrogen-bond donors (Lipinski definition) is 0. The minimum absolute atomic E-state index is 0.360. The lowest BCUT2D eigenvalue weighted by molar-refractivity contribution is -0.0327. The van der Waals surface area contributed by atoms with Crippen LogP contribution in [0.5, 0.6) is 0 Å². The molecule has 2 atom stereocenters. The molecule has 0 aromatic heterocycles. The molecule has 0 saturated carbocycles. The Labute approximate surface area is 125 Å². The van der Waals surface area contributed by atoms with Gasteiger partial charge >= 0.3 is 12.3 Å². The lowest BCUT2D eigenvalue weighted by Crippen LogP contribution is -2.29. The van der Waals surface area contributed by atoms with Gasteiger partial charge in [-0.05, 0) is 53.7 Å². The maximum absolute atomic E-state index is 11.5. The van der Waals surface area contributed by atoms with Crippen molar-refractivity contribution in [1.82, 2.24) is 0 Å². The van der Waals surface area contributed by atoms with E-state index in [0.717, 1.165) is 0 Å². The third-order valence-corrected chi connectivity index (χ3v) is 2.28. The van der Waals surface area contributed by atoms with Crippen LogP contribution in [0.4, 0.5) is 9.59 Å². The maximum atomic E-state index is 11.5. The largest absolute Gasteiger partial charge is 0.509 e. The van der Waals surface area contributed by atoms with E-state index in [2.05, 4.69) is 0 Å². The van der Waals surface area contributed by atoms with Crippen molar-refractivity contribution in [1.29, 1.82) is 0 Å². The summed E-state index contributed by atoms with van der Waals surface area (Å²) in [5.41, 5.74) is -1.21. The Morgan fingerprint density at radius 3 is 1.43 bits per heavy atom. The summed E-state index contributed by atoms with van der Waals surface area (Å²) in [4.78, 5) is 23.0. The van der Waals surface area contributed by atoms with Crippen LogP contribution in [0, 0.1) is 0 Å². The first-order chi connectivity index (χ1) is 9.44. The summed E-state index contributed by atoms with van der Waals surface area (Å²) in [6, 6.07) is 0. The van der Waals surface area contributed by atoms with Gasteiger partial charge in [0.25, 0.3) is 0 Å². The number of carbonyl (C=O) groups is 2. The first-order valence-electron chi connectivity index (χ1n) is 6.92. The van der Waals surface area contributed by atoms with Gasteiger partial charge in [0, 0.05) is 6.42 Å². The van der Waals surface area contributed by atoms with Crippen molar-refractivity contribution in [3.63, 3.8) is 0 Å². The Kier molecular flexibility index (Phi) is 5.25. The van der Waals surface area contributed by atoms with Crippen molar-refractivity contribution in [2.75, 3.05) is 0 Å². The predicted molar refractivity (Wildman–Crippen MR) is 76.0 cm³/mol. The van der Waals surface area contributed by atoms with Gasteiger partial charge in [-0.2, -0.15) is 0 Å². The van der Waals surface area contributed by atoms with E-state index in [1.807, 2.05) is 0 Å². The molecule has 0 heterocycles. The average Bonchev–Trinajstić information content (AvgIpc) is 2.58. The van der Waals surface area contributed by atoms with Crippen LogP contribution in [0.25, 0.3) is 0 Å². The van der Waals surface area contributed by atoms with Gasteiger partial charge in [-0.15, -0.1) is 0 Å². The van der Waals surface area contributed by atoms with E-state index in [9.17, 15) is 9.59 Å². The van der Waals surface area contributed by atoms with Crippen LogP contribution >= 0.6 is 0 Å². The Morgan fingerprint density at radius 2 is 1.14 bits per heavy atom. The van der Waals surface area contributed by atoms with Crippen molar-refractivity contribution in [3.05, 3.63) is 12.2 Å². The molecule has 1 aliphatic rings. The Bertz CT molecular complexity index is 375. The van der Waals surface area contributed by atoms with Crippen LogP contribution in [0.3, 0.4) is 0 Å². The van der Waals surface area contributed by atoms with Crippen LogP contribution in [0.1, 0.15) is 48.0 Å². The second kappa shape index (κ2) is 6.37. The molecule has 1 rings (SSSR count). The monoisotopic (exact) mass is 300 g/mol. The summed E-state index contributed by atoms with van der Waals surface area (Å²) < 4.78 is 20.3. The molecule has 0 aromatic carbocycles. The summed E-state index contributed by atoms with van der Waals surface area (Å²) >= 11 is 0. The van der Waals surface area contributed by atoms with Gasteiger partial charge in [-0.25, -0.2) is 9.59 Å². The van der Waals surface area contributed by atoms with Crippen molar-refractivity contribution < 1.29 is 28.5 Å². The van der Waals surface area contributed by atoms with E-state index in [0.29, 0.717) is 6.42 Å². The van der Waals surface area contributed by atoms with E-state index in [1.54, 1.807) is 53.7 Å². The minimum Gasteiger partial charge on any atom is -0.429 e. The lowest BCUT2D eigenvalue weighted by Gasteiger charge is -2.21. The molecule has 0 fully saturated rings. The summed E-state index contributed by atoms with van der Waals surface area (Å²) in [6.45, 7) is 10.5. The summed E-state index contributed by atoms with van der Waals surface area (Å²) in [5.74, 6) is 0. The highest BCUT2D eigenvalue weighted by Gasteiger charge is 2.28. The molecule has 6 nitrogen and oxygen atoms in total. The van der Waals surface area contributed by atoms with Gasteiger partial charge in [-0.1, -0.05) is 0 Å². The molecule has 0 N–H and O–H groups in total. The van der Waals surface area contributed by atoms with Crippen LogP contribution < -0.4 is 0 Å². The van der Waals surface area contributed by atoms with E-state index >= 15 is 0 Å². The molecule has 0 saturated heterocycles. The van der Waals surface area contributed by atoms with E-state index in [-0.39, 0.29) is 0 Å². The number of rotatable bonds is 2. The molecule has 1 aliphatic carbocycles. The number of ether oxygens (including phenoxy) is 4. The Balaban J connectivity index is 2.35. The summed E-state index contributed by atoms with van der Waals surface area (Å²) in [6.07, 6.45) is 1.28. The van der Waals surface area contributed by atoms with Crippen molar-refractivity contribution in [2.45, 2.75) is 71.4 Å². The highest BCUT2D eigenvalue weighted by Crippen LogP contribution is 2.20. The summed E-state index contributed by atoms with van der Waals surface area (Å²) in [5, 5.41) is 0. The van der Waals surface area contributed by atoms with Crippen LogP contribution in [-0.4, -0.2) is 35.7 Å². The molecule has 6 heteroatoms. The van der Waals surface area contributed by atoms with Crippen LogP contribution in [0.15, 0.2) is 12.2 Å². The standard InChI is InChI=1S/C15H24O6/c1-14(2,3)20-12(16)18-10-7-8-11(9-10)19-13(17)21-15(4,5)6/h7-8,10-11H,9H2,1-6H3. The maximum Gasteiger partial charge on any atom is 0.509 e. The van der Waals surface area contributed by atoms with Crippen LogP contribution in [0.2, 0.25) is 0 Å². The van der Waals surface area contributed by atoms with Crippen molar-refractivity contribution >= 4 is 12.3 Å². The van der Waals surface area contributed by atoms with E-state index in [1.165, 1.54) is 0 Å². The van der Waals surface area contributed by atoms with Crippen molar-refractivity contribution in [2.24, 2.45) is 0 Å². The molecule has 120 valence electrons. The number of carbonyl (C=O) groups excluding carboxylic acids is 2. The van der Waals surface area contributed by atoms with E-state index < -0.39 is 35.7 Å². The second-order valence-corrected chi connectivity index (χ2v) is 6.86. The Morgan fingerprint density at radius 1 is 0.810 bits per heavy atom. The first kappa shape index (κ1) is 17.3. The van der Waals surface area contributed by atoms with Gasteiger partial charge in [-0.3, -0.25) is 0 Å². The fraction of sp³-hybridized carbons (Fsp3) is 0.733. The summed E-state index contributed by atoms with van der Waals surface area (Å²) in [7, 11) is 0. The average molecular weight is 300 g/mol. The molecule has 21 heavy (non-hydrogen) atoms. The molecule has 0 aliphatic heterocycles. The topological polar surface area (TPSA) is 71.1 Å². The smallest absolute Gasteiger partial charge is 0.429 e. The molecule has 0 spiro atoms. The fourth-order valence-corrected chi connectivity index (χ4v) is 1.60. The number of hydrogen-bond acceptors (Lipinski definition) is 6. The lowest BCUT2D eigenvalue weighted by atomic mass is 10.2. The van der Waals surface area contributed by atoms with Gasteiger partial charge in [0.1, 0.15) is 23.4 Å². The molecule has 0 radical (unpaired) electrons. The van der Waals surface area contributed by atoms with Crippen LogP contribution in [-0.2, 0) is 18.9 Å². The molecule has 0 bridgehead atoms. The molecular weight excluding hydrogens is 276 g/mol. The van der Waals surface area contributed by atoms with Gasteiger partial charge in [0.2, 0.25) is 0 Å². The van der Waals surface area contributed by atoms with Gasteiger partial charge < -0.3 is 18.9 Å². The molecule has 0 aromatic rings. The minimum atomic E-state index is -0.741. The third kappa shape index (κ3) is 7.58. The highest BCUT2D eigenvalue weighted by atomic mass is 16.7. The predicted octanol–water partition coefficient (Wildman–Crippen LogP) is 3.59. The van der Waals surface area contributed by atoms with Crippen molar-refractivity contribution in [3.8, 4) is 0 Å². The second-order valence-electron chi connectivity index (χ2n) is 6.86. The molecule has 2 unspecified atom stereocenters. The molecular formula is C15H24O6. The quantitative estimate of drug-likeness (QED) is 0.573. The fourth-order valence-electron chi connectivity index (χ4n) is 1.60. The third-order valence-electron chi connectivity index (χ3n) is 2.28. The normalized spacial score (nSPS) is 21.8.